The van der Waals surface area contributed by atoms with E-state index >= 15 is 0 Å². The molecule has 116 valence electrons. The second-order valence-electron chi connectivity index (χ2n) is 6.30. The van der Waals surface area contributed by atoms with Gasteiger partial charge in [-0.05, 0) is 29.7 Å². The molecule has 0 amide bonds. The molecule has 0 saturated heterocycles. The SMILES string of the molecule is CC(C)(C)CN=C(c1cc(Br)ccc1O)c1cccc[n+]1[O-]. The van der Waals surface area contributed by atoms with Crippen molar-refractivity contribution < 1.29 is 9.84 Å². The van der Waals surface area contributed by atoms with Gasteiger partial charge < -0.3 is 10.3 Å². The number of benzene rings is 1. The highest BCUT2D eigenvalue weighted by molar-refractivity contribution is 9.10. The number of aromatic hydroxyl groups is 1. The average Bonchev–Trinajstić information content (AvgIpc) is 2.43. The summed E-state index contributed by atoms with van der Waals surface area (Å²) in [5.41, 5.74) is 1.42. The van der Waals surface area contributed by atoms with E-state index in [9.17, 15) is 10.3 Å². The predicted octanol–water partition coefficient (Wildman–Crippen LogP) is 3.67. The number of aromatic nitrogens is 1. The first-order chi connectivity index (χ1) is 10.3. The van der Waals surface area contributed by atoms with Crippen LogP contribution in [0.25, 0.3) is 0 Å². The first-order valence-corrected chi connectivity index (χ1v) is 7.79. The smallest absolute Gasteiger partial charge is 0.242 e. The molecule has 0 saturated carbocycles. The van der Waals surface area contributed by atoms with Gasteiger partial charge in [0.15, 0.2) is 6.20 Å². The van der Waals surface area contributed by atoms with Crippen molar-refractivity contribution in [1.82, 2.24) is 0 Å². The fourth-order valence-corrected chi connectivity index (χ4v) is 2.29. The molecule has 2 rings (SSSR count). The number of aliphatic imine (C=N–C) groups is 1. The molecular weight excluding hydrogens is 344 g/mol. The quantitative estimate of drug-likeness (QED) is 0.514. The third-order valence-corrected chi connectivity index (χ3v) is 3.49. The van der Waals surface area contributed by atoms with E-state index in [0.717, 1.165) is 9.20 Å². The van der Waals surface area contributed by atoms with Gasteiger partial charge in [-0.3, -0.25) is 4.99 Å². The number of phenols is 1. The van der Waals surface area contributed by atoms with Crippen molar-refractivity contribution in [2.45, 2.75) is 20.8 Å². The van der Waals surface area contributed by atoms with Gasteiger partial charge >= 0.3 is 0 Å². The van der Waals surface area contributed by atoms with Crippen LogP contribution in [-0.2, 0) is 0 Å². The number of rotatable bonds is 3. The van der Waals surface area contributed by atoms with E-state index in [1.165, 1.54) is 6.20 Å². The van der Waals surface area contributed by atoms with Crippen molar-refractivity contribution in [3.63, 3.8) is 0 Å². The van der Waals surface area contributed by atoms with Crippen LogP contribution in [0.5, 0.6) is 5.75 Å². The molecule has 0 aliphatic carbocycles. The molecule has 1 N–H and O–H groups in total. The fourth-order valence-electron chi connectivity index (χ4n) is 1.93. The third kappa shape index (κ3) is 4.07. The molecule has 5 heteroatoms. The van der Waals surface area contributed by atoms with Crippen LogP contribution in [0.3, 0.4) is 0 Å². The second-order valence-corrected chi connectivity index (χ2v) is 7.21. The Labute approximate surface area is 138 Å². The number of phenolic OH excluding ortho intramolecular Hbond substituents is 1. The fraction of sp³-hybridized carbons (Fsp3) is 0.294. The zero-order valence-corrected chi connectivity index (χ0v) is 14.5. The van der Waals surface area contributed by atoms with Crippen molar-refractivity contribution in [3.05, 3.63) is 63.5 Å². The van der Waals surface area contributed by atoms with Crippen LogP contribution < -0.4 is 4.73 Å². The van der Waals surface area contributed by atoms with Crippen LogP contribution in [0.2, 0.25) is 0 Å². The lowest BCUT2D eigenvalue weighted by Gasteiger charge is -2.16. The van der Waals surface area contributed by atoms with Crippen LogP contribution in [0.4, 0.5) is 0 Å². The van der Waals surface area contributed by atoms with E-state index in [1.54, 1.807) is 36.4 Å². The van der Waals surface area contributed by atoms with Gasteiger partial charge in [-0.25, -0.2) is 0 Å². The van der Waals surface area contributed by atoms with Crippen molar-refractivity contribution in [2.24, 2.45) is 10.4 Å². The lowest BCUT2D eigenvalue weighted by molar-refractivity contribution is -0.606. The maximum Gasteiger partial charge on any atom is 0.242 e. The molecule has 1 heterocycles. The minimum atomic E-state index is -0.0185. The molecule has 4 nitrogen and oxygen atoms in total. The van der Waals surface area contributed by atoms with Gasteiger partial charge in [-0.2, -0.15) is 4.73 Å². The number of hydrogen-bond donors (Lipinski definition) is 1. The van der Waals surface area contributed by atoms with Crippen molar-refractivity contribution in [3.8, 4) is 5.75 Å². The molecule has 1 aromatic heterocycles. The Bertz CT molecular complexity index is 706. The molecule has 2 aromatic rings. The van der Waals surface area contributed by atoms with Crippen LogP contribution in [0, 0.1) is 10.6 Å². The molecule has 0 bridgehead atoms. The highest BCUT2D eigenvalue weighted by atomic mass is 79.9. The van der Waals surface area contributed by atoms with E-state index in [0.29, 0.717) is 23.5 Å². The normalized spacial score (nSPS) is 12.5. The predicted molar refractivity (Wildman–Crippen MR) is 91.2 cm³/mol. The lowest BCUT2D eigenvalue weighted by atomic mass is 9.96. The van der Waals surface area contributed by atoms with E-state index in [-0.39, 0.29) is 11.2 Å². The van der Waals surface area contributed by atoms with Gasteiger partial charge in [0, 0.05) is 28.7 Å². The minimum Gasteiger partial charge on any atom is -0.618 e. The summed E-state index contributed by atoms with van der Waals surface area (Å²) >= 11 is 3.40. The lowest BCUT2D eigenvalue weighted by Crippen LogP contribution is -2.34. The second kappa shape index (κ2) is 6.48. The van der Waals surface area contributed by atoms with Crippen LogP contribution in [-0.4, -0.2) is 17.4 Å². The third-order valence-electron chi connectivity index (χ3n) is 2.99. The molecule has 0 radical (unpaired) electrons. The molecule has 0 atom stereocenters. The summed E-state index contributed by atoms with van der Waals surface area (Å²) in [6, 6.07) is 10.3. The van der Waals surface area contributed by atoms with E-state index in [2.05, 4.69) is 41.7 Å². The van der Waals surface area contributed by atoms with Gasteiger partial charge in [0.2, 0.25) is 5.69 Å². The molecule has 22 heavy (non-hydrogen) atoms. The Balaban J connectivity index is 2.61. The molecular formula is C17H19BrN2O2. The number of halogens is 1. The number of pyridine rings is 1. The molecule has 1 aromatic carbocycles. The van der Waals surface area contributed by atoms with E-state index < -0.39 is 0 Å². The average molecular weight is 363 g/mol. The maximum atomic E-state index is 12.1. The Morgan fingerprint density at radius 1 is 1.27 bits per heavy atom. The zero-order valence-electron chi connectivity index (χ0n) is 12.9. The van der Waals surface area contributed by atoms with Crippen LogP contribution in [0.15, 0.2) is 52.1 Å². The van der Waals surface area contributed by atoms with Gasteiger partial charge in [-0.15, -0.1) is 0 Å². The standard InChI is InChI=1S/C17H19BrN2O2/c1-17(2,3)11-19-16(14-6-4-5-9-20(14)22)13-10-12(18)7-8-15(13)21/h4-10,21H,11H2,1-3H3. The van der Waals surface area contributed by atoms with E-state index in [1.807, 2.05) is 0 Å². The summed E-state index contributed by atoms with van der Waals surface area (Å²) in [7, 11) is 0. The van der Waals surface area contributed by atoms with Gasteiger partial charge in [-0.1, -0.05) is 36.7 Å². The Morgan fingerprint density at radius 2 is 2.00 bits per heavy atom. The summed E-state index contributed by atoms with van der Waals surface area (Å²) < 4.78 is 1.58. The molecule has 0 aliphatic rings. The summed E-state index contributed by atoms with van der Waals surface area (Å²) in [4.78, 5) is 4.61. The number of nitrogens with zero attached hydrogens (tertiary/aromatic N) is 2. The molecule has 0 aliphatic heterocycles. The van der Waals surface area contributed by atoms with Gasteiger partial charge in [0.1, 0.15) is 11.5 Å². The summed E-state index contributed by atoms with van der Waals surface area (Å²) in [6.45, 7) is 6.77. The van der Waals surface area contributed by atoms with Crippen LogP contribution in [0.1, 0.15) is 32.0 Å². The molecule has 0 fully saturated rings. The monoisotopic (exact) mass is 362 g/mol. The maximum absolute atomic E-state index is 12.1. The van der Waals surface area contributed by atoms with Crippen molar-refractivity contribution in [2.75, 3.05) is 6.54 Å². The van der Waals surface area contributed by atoms with Crippen molar-refractivity contribution in [1.29, 1.82) is 0 Å². The Morgan fingerprint density at radius 3 is 2.64 bits per heavy atom. The zero-order chi connectivity index (χ0) is 16.3. The first-order valence-electron chi connectivity index (χ1n) is 7.00. The highest BCUT2D eigenvalue weighted by Crippen LogP contribution is 2.25. The van der Waals surface area contributed by atoms with Gasteiger partial charge in [0.25, 0.3) is 0 Å². The summed E-state index contributed by atoms with van der Waals surface area (Å²) in [5.74, 6) is 0.0970. The Hall–Kier alpha value is -1.88. The number of hydrogen-bond acceptors (Lipinski definition) is 3. The highest BCUT2D eigenvalue weighted by Gasteiger charge is 2.20. The first kappa shape index (κ1) is 16.5. The van der Waals surface area contributed by atoms with Gasteiger partial charge in [0.05, 0.1) is 0 Å². The van der Waals surface area contributed by atoms with E-state index in [4.69, 9.17) is 0 Å². The van der Waals surface area contributed by atoms with Crippen LogP contribution >= 0.6 is 15.9 Å². The minimum absolute atomic E-state index is 0.0185. The largest absolute Gasteiger partial charge is 0.618 e. The van der Waals surface area contributed by atoms with Crippen molar-refractivity contribution >= 4 is 21.6 Å². The topological polar surface area (TPSA) is 59.5 Å². The molecule has 0 unspecified atom stereocenters. The Kier molecular flexibility index (Phi) is 4.86. The molecule has 0 spiro atoms. The summed E-state index contributed by atoms with van der Waals surface area (Å²) in [5, 5.41) is 22.3. The summed E-state index contributed by atoms with van der Waals surface area (Å²) in [6.07, 6.45) is 1.43.